The average Bonchev–Trinajstić information content (AvgIpc) is 2.98. The molecule has 1 saturated heterocycles. The number of nitrogens with zero attached hydrogens (tertiary/aromatic N) is 3. The Morgan fingerprint density at radius 1 is 1.31 bits per heavy atom. The molecule has 0 unspecified atom stereocenters. The summed E-state index contributed by atoms with van der Waals surface area (Å²) in [6.45, 7) is 4.36. The second-order valence-corrected chi connectivity index (χ2v) is 4.40. The summed E-state index contributed by atoms with van der Waals surface area (Å²) in [5, 5.41) is 7.56. The van der Waals surface area contributed by atoms with Crippen molar-refractivity contribution in [1.82, 2.24) is 20.0 Å². The predicted octanol–water partition coefficient (Wildman–Crippen LogP) is 0.222. The van der Waals surface area contributed by atoms with Crippen LogP contribution in [0.2, 0.25) is 0 Å². The molecule has 0 spiro atoms. The van der Waals surface area contributed by atoms with Crippen LogP contribution in [0, 0.1) is 0 Å². The normalized spacial score (nSPS) is 19.9. The van der Waals surface area contributed by atoms with E-state index in [1.54, 1.807) is 6.20 Å². The molecular formula is C11H16N4O. The second-order valence-electron chi connectivity index (χ2n) is 4.40. The van der Waals surface area contributed by atoms with Gasteiger partial charge in [-0.25, -0.2) is 0 Å². The summed E-state index contributed by atoms with van der Waals surface area (Å²) in [5.74, 6) is 0.155. The first-order chi connectivity index (χ1) is 7.86. The molecule has 86 valence electrons. The maximum absolute atomic E-state index is 12.2. The van der Waals surface area contributed by atoms with Crippen LogP contribution in [0.15, 0.2) is 6.20 Å². The van der Waals surface area contributed by atoms with Gasteiger partial charge in [-0.15, -0.1) is 0 Å². The summed E-state index contributed by atoms with van der Waals surface area (Å²) >= 11 is 0. The number of hydrogen-bond donors (Lipinski definition) is 1. The first kappa shape index (κ1) is 9.84. The zero-order chi connectivity index (χ0) is 11.0. The molecule has 16 heavy (non-hydrogen) atoms. The molecule has 1 aromatic rings. The topological polar surface area (TPSA) is 50.2 Å². The van der Waals surface area contributed by atoms with Gasteiger partial charge in [-0.1, -0.05) is 0 Å². The average molecular weight is 220 g/mol. The Morgan fingerprint density at radius 2 is 2.12 bits per heavy atom. The van der Waals surface area contributed by atoms with E-state index in [4.69, 9.17) is 0 Å². The summed E-state index contributed by atoms with van der Waals surface area (Å²) in [6.07, 6.45) is 3.99. The highest BCUT2D eigenvalue weighted by atomic mass is 16.2. The van der Waals surface area contributed by atoms with Crippen LogP contribution >= 0.6 is 0 Å². The Bertz CT molecular complexity index is 406. The Labute approximate surface area is 94.4 Å². The van der Waals surface area contributed by atoms with Gasteiger partial charge in [0.2, 0.25) is 0 Å². The van der Waals surface area contributed by atoms with Crippen LogP contribution in [-0.4, -0.2) is 40.2 Å². The van der Waals surface area contributed by atoms with E-state index < -0.39 is 0 Å². The predicted molar refractivity (Wildman–Crippen MR) is 59.1 cm³/mol. The maximum Gasteiger partial charge on any atom is 0.257 e. The fraction of sp³-hybridized carbons (Fsp3) is 0.636. The summed E-state index contributed by atoms with van der Waals surface area (Å²) in [4.78, 5) is 14.2. The van der Waals surface area contributed by atoms with E-state index in [-0.39, 0.29) is 5.91 Å². The minimum atomic E-state index is 0.155. The number of carbonyl (C=O) groups is 1. The van der Waals surface area contributed by atoms with Crippen LogP contribution < -0.4 is 5.32 Å². The molecule has 0 atom stereocenters. The van der Waals surface area contributed by atoms with Gasteiger partial charge in [0.05, 0.1) is 24.0 Å². The van der Waals surface area contributed by atoms with Crippen LogP contribution in [0.3, 0.4) is 0 Å². The van der Waals surface area contributed by atoms with Crippen LogP contribution in [0.5, 0.6) is 0 Å². The zero-order valence-corrected chi connectivity index (χ0v) is 9.28. The van der Waals surface area contributed by atoms with Crippen LogP contribution in [0.25, 0.3) is 0 Å². The molecule has 0 saturated carbocycles. The van der Waals surface area contributed by atoms with Crippen molar-refractivity contribution in [2.45, 2.75) is 25.9 Å². The SMILES string of the molecule is O=C(c1cnn2c1CNCC2)N1CCCC1. The highest BCUT2D eigenvalue weighted by molar-refractivity contribution is 5.95. The third kappa shape index (κ3) is 1.51. The van der Waals surface area contributed by atoms with E-state index in [0.717, 1.165) is 56.8 Å². The lowest BCUT2D eigenvalue weighted by Gasteiger charge is -2.18. The molecule has 1 aromatic heterocycles. The van der Waals surface area contributed by atoms with Gasteiger partial charge in [-0.05, 0) is 12.8 Å². The van der Waals surface area contributed by atoms with Crippen molar-refractivity contribution in [2.75, 3.05) is 19.6 Å². The van der Waals surface area contributed by atoms with Gasteiger partial charge in [0.25, 0.3) is 5.91 Å². The highest BCUT2D eigenvalue weighted by Gasteiger charge is 2.25. The third-order valence-corrected chi connectivity index (χ3v) is 3.37. The molecule has 2 aliphatic rings. The Balaban J connectivity index is 1.88. The molecule has 3 rings (SSSR count). The van der Waals surface area contributed by atoms with Crippen molar-refractivity contribution in [3.8, 4) is 0 Å². The number of hydrogen-bond acceptors (Lipinski definition) is 3. The minimum Gasteiger partial charge on any atom is -0.339 e. The number of fused-ring (bicyclic) bond motifs is 1. The molecule has 1 N–H and O–H groups in total. The van der Waals surface area contributed by atoms with E-state index in [0.29, 0.717) is 0 Å². The lowest BCUT2D eigenvalue weighted by molar-refractivity contribution is 0.0791. The van der Waals surface area contributed by atoms with Crippen molar-refractivity contribution in [2.24, 2.45) is 0 Å². The second kappa shape index (κ2) is 3.90. The molecule has 0 radical (unpaired) electrons. The van der Waals surface area contributed by atoms with Gasteiger partial charge in [-0.3, -0.25) is 9.48 Å². The summed E-state index contributed by atoms with van der Waals surface area (Å²) in [7, 11) is 0. The summed E-state index contributed by atoms with van der Waals surface area (Å²) < 4.78 is 1.94. The molecule has 0 bridgehead atoms. The van der Waals surface area contributed by atoms with Crippen molar-refractivity contribution in [3.05, 3.63) is 17.5 Å². The fourth-order valence-electron chi connectivity index (χ4n) is 2.45. The first-order valence-corrected chi connectivity index (χ1v) is 5.91. The Hall–Kier alpha value is -1.36. The molecule has 0 aromatic carbocycles. The number of carbonyl (C=O) groups excluding carboxylic acids is 1. The number of likely N-dealkylation sites (tertiary alicyclic amines) is 1. The summed E-state index contributed by atoms with van der Waals surface area (Å²) in [6, 6.07) is 0. The van der Waals surface area contributed by atoms with Gasteiger partial charge in [0, 0.05) is 26.2 Å². The van der Waals surface area contributed by atoms with Crippen molar-refractivity contribution in [1.29, 1.82) is 0 Å². The van der Waals surface area contributed by atoms with E-state index in [1.807, 2.05) is 9.58 Å². The molecule has 0 aliphatic carbocycles. The van der Waals surface area contributed by atoms with Crippen molar-refractivity contribution in [3.63, 3.8) is 0 Å². The van der Waals surface area contributed by atoms with Crippen molar-refractivity contribution >= 4 is 5.91 Å². The van der Waals surface area contributed by atoms with E-state index in [1.165, 1.54) is 0 Å². The van der Waals surface area contributed by atoms with Crippen LogP contribution in [-0.2, 0) is 13.1 Å². The van der Waals surface area contributed by atoms with Gasteiger partial charge < -0.3 is 10.2 Å². The number of rotatable bonds is 1. The fourth-order valence-corrected chi connectivity index (χ4v) is 2.45. The molecule has 1 fully saturated rings. The highest BCUT2D eigenvalue weighted by Crippen LogP contribution is 2.17. The largest absolute Gasteiger partial charge is 0.339 e. The number of aromatic nitrogens is 2. The van der Waals surface area contributed by atoms with E-state index in [9.17, 15) is 4.79 Å². The van der Waals surface area contributed by atoms with Gasteiger partial charge in [0.1, 0.15) is 0 Å². The van der Waals surface area contributed by atoms with Crippen molar-refractivity contribution < 1.29 is 4.79 Å². The molecular weight excluding hydrogens is 204 g/mol. The third-order valence-electron chi connectivity index (χ3n) is 3.37. The lowest BCUT2D eigenvalue weighted by atomic mass is 10.2. The van der Waals surface area contributed by atoms with Crippen LogP contribution in [0.4, 0.5) is 0 Å². The molecule has 2 aliphatic heterocycles. The Morgan fingerprint density at radius 3 is 2.94 bits per heavy atom. The number of amides is 1. The minimum absolute atomic E-state index is 0.155. The number of nitrogens with one attached hydrogen (secondary N) is 1. The van der Waals surface area contributed by atoms with Crippen LogP contribution in [0.1, 0.15) is 28.9 Å². The zero-order valence-electron chi connectivity index (χ0n) is 9.28. The standard InChI is InChI=1S/C11H16N4O/c16-11(14-4-1-2-5-14)9-7-13-15-6-3-12-8-10(9)15/h7,12H,1-6,8H2. The first-order valence-electron chi connectivity index (χ1n) is 5.91. The molecule has 5 nitrogen and oxygen atoms in total. The van der Waals surface area contributed by atoms with Gasteiger partial charge in [0.15, 0.2) is 0 Å². The molecule has 1 amide bonds. The van der Waals surface area contributed by atoms with Gasteiger partial charge >= 0.3 is 0 Å². The monoisotopic (exact) mass is 220 g/mol. The molecule has 3 heterocycles. The Kier molecular flexibility index (Phi) is 2.40. The lowest BCUT2D eigenvalue weighted by Crippen LogP contribution is -2.32. The van der Waals surface area contributed by atoms with E-state index in [2.05, 4.69) is 10.4 Å². The maximum atomic E-state index is 12.2. The quantitative estimate of drug-likeness (QED) is 0.736. The molecule has 5 heteroatoms. The summed E-state index contributed by atoms with van der Waals surface area (Å²) in [5.41, 5.74) is 1.83. The van der Waals surface area contributed by atoms with Gasteiger partial charge in [-0.2, -0.15) is 5.10 Å². The smallest absolute Gasteiger partial charge is 0.257 e. The van der Waals surface area contributed by atoms with E-state index >= 15 is 0 Å².